The van der Waals surface area contributed by atoms with Gasteiger partial charge in [-0.25, -0.2) is 14.6 Å². The third-order valence-corrected chi connectivity index (χ3v) is 3.66. The Labute approximate surface area is 122 Å². The van der Waals surface area contributed by atoms with Crippen LogP contribution in [0.15, 0.2) is 39.8 Å². The van der Waals surface area contributed by atoms with E-state index in [1.807, 2.05) is 23.5 Å². The number of hydrogen-bond donors (Lipinski definition) is 0. The molecule has 0 fully saturated rings. The molecule has 8 heteroatoms. The predicted octanol–water partition coefficient (Wildman–Crippen LogP) is 1.50. The molecular weight excluding hydrogens is 322 g/mol. The summed E-state index contributed by atoms with van der Waals surface area (Å²) in [6.45, 7) is 0.627. The van der Waals surface area contributed by atoms with Crippen molar-refractivity contribution in [3.63, 3.8) is 0 Å². The minimum absolute atomic E-state index is 0.322. The van der Waals surface area contributed by atoms with E-state index in [0.717, 1.165) is 6.42 Å². The first kappa shape index (κ1) is 11.7. The minimum atomic E-state index is 0.322. The molecule has 0 radical (unpaired) electrons. The summed E-state index contributed by atoms with van der Waals surface area (Å²) in [6.07, 6.45) is 10.7. The van der Waals surface area contributed by atoms with Crippen LogP contribution in [0.2, 0.25) is 0 Å². The molecule has 0 saturated carbocycles. The third-order valence-electron chi connectivity index (χ3n) is 3.28. The van der Waals surface area contributed by atoms with Crippen LogP contribution < -0.4 is 0 Å². The minimum Gasteiger partial charge on any atom is -0.266 e. The summed E-state index contributed by atoms with van der Waals surface area (Å²) < 4.78 is 2.44. The van der Waals surface area contributed by atoms with E-state index in [0.29, 0.717) is 28.5 Å². The van der Waals surface area contributed by atoms with Crippen LogP contribution in [0.1, 0.15) is 6.42 Å². The molecular formula is C12H10BrN7. The Bertz CT molecular complexity index is 760. The highest BCUT2D eigenvalue weighted by molar-refractivity contribution is 9.10. The van der Waals surface area contributed by atoms with E-state index in [2.05, 4.69) is 47.4 Å². The Hall–Kier alpha value is -2.09. The molecule has 0 N–H and O–H groups in total. The molecule has 0 saturated heterocycles. The van der Waals surface area contributed by atoms with Crippen molar-refractivity contribution in [2.45, 2.75) is 19.0 Å². The van der Waals surface area contributed by atoms with Crippen LogP contribution in [0, 0.1) is 0 Å². The number of fused-ring (bicyclic) bond motifs is 2. The van der Waals surface area contributed by atoms with Crippen molar-refractivity contribution < 1.29 is 0 Å². The SMILES string of the molecule is Brc1cnc2nnn(CC3=CC4CC=NN4C=C3)c2n1. The molecule has 2 aromatic heterocycles. The Morgan fingerprint density at radius 1 is 1.40 bits per heavy atom. The number of hydrazone groups is 1. The van der Waals surface area contributed by atoms with Gasteiger partial charge < -0.3 is 0 Å². The van der Waals surface area contributed by atoms with Crippen LogP contribution in [-0.4, -0.2) is 42.2 Å². The fraction of sp³-hybridized carbons (Fsp3) is 0.250. The van der Waals surface area contributed by atoms with Crippen LogP contribution in [0.3, 0.4) is 0 Å². The predicted molar refractivity (Wildman–Crippen MR) is 76.8 cm³/mol. The highest BCUT2D eigenvalue weighted by atomic mass is 79.9. The van der Waals surface area contributed by atoms with Gasteiger partial charge in [-0.3, -0.25) is 5.01 Å². The molecule has 0 spiro atoms. The maximum atomic E-state index is 4.37. The second-order valence-electron chi connectivity index (χ2n) is 4.63. The highest BCUT2D eigenvalue weighted by Crippen LogP contribution is 2.21. The summed E-state index contributed by atoms with van der Waals surface area (Å²) in [5.74, 6) is 0. The van der Waals surface area contributed by atoms with Gasteiger partial charge in [-0.05, 0) is 27.6 Å². The maximum absolute atomic E-state index is 4.37. The first-order valence-electron chi connectivity index (χ1n) is 6.21. The van der Waals surface area contributed by atoms with Crippen LogP contribution >= 0.6 is 15.9 Å². The van der Waals surface area contributed by atoms with Gasteiger partial charge in [0.1, 0.15) is 4.60 Å². The average Bonchev–Trinajstić information content (AvgIpc) is 3.05. The molecule has 20 heavy (non-hydrogen) atoms. The van der Waals surface area contributed by atoms with Crippen molar-refractivity contribution in [3.05, 3.63) is 34.7 Å². The van der Waals surface area contributed by atoms with Gasteiger partial charge in [-0.15, -0.1) is 5.10 Å². The molecule has 2 aliphatic heterocycles. The van der Waals surface area contributed by atoms with Crippen LogP contribution in [0.5, 0.6) is 0 Å². The average molecular weight is 332 g/mol. The summed E-state index contributed by atoms with van der Waals surface area (Å²) in [4.78, 5) is 8.55. The number of aromatic nitrogens is 5. The van der Waals surface area contributed by atoms with Crippen molar-refractivity contribution in [1.82, 2.24) is 30.0 Å². The topological polar surface area (TPSA) is 72.1 Å². The quantitative estimate of drug-likeness (QED) is 0.833. The molecule has 100 valence electrons. The largest absolute Gasteiger partial charge is 0.266 e. The van der Waals surface area contributed by atoms with E-state index in [1.165, 1.54) is 5.57 Å². The summed E-state index contributed by atoms with van der Waals surface area (Å²) in [5, 5.41) is 14.4. The van der Waals surface area contributed by atoms with Crippen molar-refractivity contribution in [2.24, 2.45) is 5.10 Å². The van der Waals surface area contributed by atoms with Crippen molar-refractivity contribution in [3.8, 4) is 0 Å². The molecule has 0 amide bonds. The normalized spacial score (nSPS) is 20.6. The lowest BCUT2D eigenvalue weighted by atomic mass is 10.1. The first-order chi connectivity index (χ1) is 9.79. The van der Waals surface area contributed by atoms with E-state index in [4.69, 9.17) is 0 Å². The van der Waals surface area contributed by atoms with Gasteiger partial charge >= 0.3 is 0 Å². The first-order valence-corrected chi connectivity index (χ1v) is 7.00. The molecule has 0 aliphatic carbocycles. The lowest BCUT2D eigenvalue weighted by Gasteiger charge is -2.21. The zero-order chi connectivity index (χ0) is 13.5. The lowest BCUT2D eigenvalue weighted by Crippen LogP contribution is -2.23. The van der Waals surface area contributed by atoms with Gasteiger partial charge in [0.15, 0.2) is 5.65 Å². The van der Waals surface area contributed by atoms with Gasteiger partial charge in [0.25, 0.3) is 0 Å². The molecule has 4 heterocycles. The van der Waals surface area contributed by atoms with Gasteiger partial charge in [-0.1, -0.05) is 11.3 Å². The molecule has 1 atom stereocenters. The van der Waals surface area contributed by atoms with Crippen LogP contribution in [0.4, 0.5) is 0 Å². The molecule has 0 aromatic carbocycles. The zero-order valence-corrected chi connectivity index (χ0v) is 12.0. The highest BCUT2D eigenvalue weighted by Gasteiger charge is 2.20. The third kappa shape index (κ3) is 1.92. The lowest BCUT2D eigenvalue weighted by molar-refractivity contribution is 0.364. The monoisotopic (exact) mass is 331 g/mol. The molecule has 2 aliphatic rings. The summed E-state index contributed by atoms with van der Waals surface area (Å²) in [6, 6.07) is 0.322. The van der Waals surface area contributed by atoms with Crippen molar-refractivity contribution in [2.75, 3.05) is 0 Å². The van der Waals surface area contributed by atoms with Gasteiger partial charge in [0.05, 0.1) is 18.8 Å². The van der Waals surface area contributed by atoms with Crippen LogP contribution in [0.25, 0.3) is 11.3 Å². The smallest absolute Gasteiger partial charge is 0.221 e. The number of nitrogens with zero attached hydrogens (tertiary/aromatic N) is 7. The fourth-order valence-corrected chi connectivity index (χ4v) is 2.60. The summed E-state index contributed by atoms with van der Waals surface area (Å²) >= 11 is 3.32. The second-order valence-corrected chi connectivity index (χ2v) is 5.44. The van der Waals surface area contributed by atoms with E-state index >= 15 is 0 Å². The zero-order valence-electron chi connectivity index (χ0n) is 10.4. The van der Waals surface area contributed by atoms with Gasteiger partial charge in [0.2, 0.25) is 5.65 Å². The second kappa shape index (κ2) is 4.48. The van der Waals surface area contributed by atoms with Crippen LogP contribution in [-0.2, 0) is 6.54 Å². The van der Waals surface area contributed by atoms with E-state index in [-0.39, 0.29) is 0 Å². The fourth-order valence-electron chi connectivity index (χ4n) is 2.33. The number of rotatable bonds is 2. The Morgan fingerprint density at radius 3 is 3.30 bits per heavy atom. The van der Waals surface area contributed by atoms with Gasteiger partial charge in [0, 0.05) is 18.8 Å². The molecule has 1 unspecified atom stereocenters. The van der Waals surface area contributed by atoms with Crippen molar-refractivity contribution in [1.29, 1.82) is 0 Å². The Kier molecular flexibility index (Phi) is 2.62. The van der Waals surface area contributed by atoms with E-state index in [1.54, 1.807) is 10.9 Å². The Balaban J connectivity index is 1.65. The van der Waals surface area contributed by atoms with E-state index < -0.39 is 0 Å². The maximum Gasteiger partial charge on any atom is 0.221 e. The standard InChI is InChI=1S/C12H10BrN7/c13-10-6-14-11-12(16-10)20(18-17-11)7-8-2-4-19-9(5-8)1-3-15-19/h2-6,9H,1,7H2. The van der Waals surface area contributed by atoms with E-state index in [9.17, 15) is 0 Å². The summed E-state index contributed by atoms with van der Waals surface area (Å²) in [5.41, 5.74) is 2.41. The number of hydrogen-bond acceptors (Lipinski definition) is 6. The number of allylic oxidation sites excluding steroid dienone is 2. The summed E-state index contributed by atoms with van der Waals surface area (Å²) in [7, 11) is 0. The molecule has 0 bridgehead atoms. The van der Waals surface area contributed by atoms with Gasteiger partial charge in [-0.2, -0.15) is 5.10 Å². The number of halogens is 1. The Morgan fingerprint density at radius 2 is 2.35 bits per heavy atom. The molecule has 7 nitrogen and oxygen atoms in total. The molecule has 2 aromatic rings. The van der Waals surface area contributed by atoms with Crippen molar-refractivity contribution >= 4 is 33.4 Å². The molecule has 4 rings (SSSR count).